The molecule has 1 amide bonds. The number of hydrogen-bond donors (Lipinski definition) is 5. The largest absolute Gasteiger partial charge is 0.388 e. The number of amides is 1. The number of nitrogens with one attached hydrogen (secondary N) is 2. The second-order valence-electron chi connectivity index (χ2n) is 11.6. The normalized spacial score (nSPS) is 17.6. The molecule has 0 bridgehead atoms. The summed E-state index contributed by atoms with van der Waals surface area (Å²) in [6, 6.07) is 0. The molecule has 0 atom stereocenters. The first-order chi connectivity index (χ1) is 18.8. The number of Topliss-reactive ketones (excluding diaryl/α,β-unsaturated/α-hetero) is 1. The Balaban J connectivity index is 1.43. The van der Waals surface area contributed by atoms with Crippen LogP contribution in [0.15, 0.2) is 4.99 Å². The lowest BCUT2D eigenvalue weighted by Crippen LogP contribution is -2.37. The van der Waals surface area contributed by atoms with Crippen LogP contribution in [0.5, 0.6) is 0 Å². The topological polar surface area (TPSA) is 167 Å². The summed E-state index contributed by atoms with van der Waals surface area (Å²) in [5, 5.41) is 10.2. The fourth-order valence-corrected chi connectivity index (χ4v) is 5.78. The van der Waals surface area contributed by atoms with Crippen molar-refractivity contribution >= 4 is 23.5 Å². The van der Waals surface area contributed by atoms with Crippen molar-refractivity contribution in [3.8, 4) is 0 Å². The van der Waals surface area contributed by atoms with E-state index in [0.29, 0.717) is 44.6 Å². The molecule has 0 aromatic carbocycles. The number of unbranched alkanes of at least 4 members (excludes halogenated alkanes) is 2. The number of carbonyl (C=O) groups excluding carboxylic acids is 2. The lowest BCUT2D eigenvalue weighted by Gasteiger charge is -2.33. The van der Waals surface area contributed by atoms with E-state index < -0.39 is 0 Å². The molecular formula is C29H56N8O2. The average Bonchev–Trinajstić information content (AvgIpc) is 2.91. The summed E-state index contributed by atoms with van der Waals surface area (Å²) < 4.78 is 0. The van der Waals surface area contributed by atoms with E-state index in [0.717, 1.165) is 76.8 Å². The maximum absolute atomic E-state index is 12.2. The molecule has 8 N–H and O–H groups in total. The van der Waals surface area contributed by atoms with Crippen LogP contribution in [-0.2, 0) is 9.59 Å². The number of piperidine rings is 2. The molecule has 224 valence electrons. The van der Waals surface area contributed by atoms with Crippen LogP contribution in [0.1, 0.15) is 96.3 Å². The van der Waals surface area contributed by atoms with Crippen molar-refractivity contribution in [2.75, 3.05) is 52.4 Å². The van der Waals surface area contributed by atoms with Crippen molar-refractivity contribution in [3.05, 3.63) is 0 Å². The SMILES string of the molecule is N=C(N)CCCCCC(=O)CCN1CCC(CCCC2CCN(CCC(=O)NCCCN=C(N)N)CC2)CC1. The second-order valence-corrected chi connectivity index (χ2v) is 11.6. The van der Waals surface area contributed by atoms with Gasteiger partial charge in [0, 0.05) is 51.9 Å². The van der Waals surface area contributed by atoms with Gasteiger partial charge in [-0.05, 0) is 83.0 Å². The second kappa shape index (κ2) is 19.8. The third-order valence-electron chi connectivity index (χ3n) is 8.35. The highest BCUT2D eigenvalue weighted by atomic mass is 16.1. The molecule has 2 fully saturated rings. The van der Waals surface area contributed by atoms with Crippen LogP contribution in [0.4, 0.5) is 0 Å². The molecular weight excluding hydrogens is 492 g/mol. The van der Waals surface area contributed by atoms with E-state index in [1.54, 1.807) is 0 Å². The predicted molar refractivity (Wildman–Crippen MR) is 160 cm³/mol. The molecule has 10 nitrogen and oxygen atoms in total. The number of ketones is 1. The summed E-state index contributed by atoms with van der Waals surface area (Å²) in [6.07, 6.45) is 15.2. The zero-order chi connectivity index (χ0) is 28.3. The summed E-state index contributed by atoms with van der Waals surface area (Å²) >= 11 is 0. The third-order valence-corrected chi connectivity index (χ3v) is 8.35. The number of nitrogens with zero attached hydrogens (tertiary/aromatic N) is 3. The van der Waals surface area contributed by atoms with Crippen molar-refractivity contribution in [1.29, 1.82) is 5.41 Å². The van der Waals surface area contributed by atoms with Gasteiger partial charge in [0.2, 0.25) is 5.91 Å². The van der Waals surface area contributed by atoms with Crippen LogP contribution in [0, 0.1) is 17.2 Å². The highest BCUT2D eigenvalue weighted by Gasteiger charge is 2.22. The molecule has 2 aliphatic heterocycles. The molecule has 0 spiro atoms. The minimum absolute atomic E-state index is 0.0951. The molecule has 2 heterocycles. The Hall–Kier alpha value is -2.20. The van der Waals surface area contributed by atoms with Crippen molar-refractivity contribution in [3.63, 3.8) is 0 Å². The van der Waals surface area contributed by atoms with Gasteiger partial charge in [-0.1, -0.05) is 25.7 Å². The van der Waals surface area contributed by atoms with E-state index in [1.165, 1.54) is 44.9 Å². The van der Waals surface area contributed by atoms with Gasteiger partial charge in [-0.2, -0.15) is 0 Å². The van der Waals surface area contributed by atoms with Crippen LogP contribution in [0.25, 0.3) is 0 Å². The van der Waals surface area contributed by atoms with E-state index >= 15 is 0 Å². The van der Waals surface area contributed by atoms with Gasteiger partial charge in [-0.25, -0.2) is 0 Å². The molecule has 2 saturated heterocycles. The molecule has 0 unspecified atom stereocenters. The summed E-state index contributed by atoms with van der Waals surface area (Å²) in [5.74, 6) is 2.50. The van der Waals surface area contributed by atoms with Gasteiger partial charge in [-0.15, -0.1) is 0 Å². The van der Waals surface area contributed by atoms with Gasteiger partial charge in [-0.3, -0.25) is 20.0 Å². The zero-order valence-corrected chi connectivity index (χ0v) is 24.3. The molecule has 0 saturated carbocycles. The number of guanidine groups is 1. The van der Waals surface area contributed by atoms with Crippen LogP contribution < -0.4 is 22.5 Å². The average molecular weight is 549 g/mol. The zero-order valence-electron chi connectivity index (χ0n) is 24.3. The van der Waals surface area contributed by atoms with Crippen molar-refractivity contribution in [2.45, 2.75) is 96.3 Å². The van der Waals surface area contributed by atoms with Gasteiger partial charge in [0.05, 0.1) is 5.84 Å². The first-order valence-corrected chi connectivity index (χ1v) is 15.4. The Kier molecular flexibility index (Phi) is 16.8. The molecule has 0 aromatic heterocycles. The van der Waals surface area contributed by atoms with Crippen molar-refractivity contribution in [2.24, 2.45) is 34.0 Å². The quantitative estimate of drug-likeness (QED) is 0.0885. The minimum atomic E-state index is 0.0951. The standard InChI is InChI=1S/C29H56N8O2/c30-27(31)9-3-1-2-8-26(38)14-22-36-18-10-24(11-19-36)6-4-7-25-12-20-37(21-13-25)23-15-28(39)34-16-5-17-35-29(32)33/h24-25H,1-23H2,(H3,30,31)(H,34,39)(H4,32,33,35). The molecule has 39 heavy (non-hydrogen) atoms. The number of likely N-dealkylation sites (tertiary alicyclic amines) is 2. The minimum Gasteiger partial charge on any atom is -0.388 e. The fraction of sp³-hybridized carbons (Fsp3) is 0.862. The van der Waals surface area contributed by atoms with E-state index in [4.69, 9.17) is 22.6 Å². The van der Waals surface area contributed by atoms with Crippen LogP contribution in [0.2, 0.25) is 0 Å². The van der Waals surface area contributed by atoms with E-state index in [9.17, 15) is 9.59 Å². The summed E-state index contributed by atoms with van der Waals surface area (Å²) in [6.45, 7) is 7.41. The van der Waals surface area contributed by atoms with Gasteiger partial charge in [0.1, 0.15) is 5.78 Å². The molecule has 0 aliphatic carbocycles. The first kappa shape index (κ1) is 33.0. The summed E-state index contributed by atoms with van der Waals surface area (Å²) in [4.78, 5) is 33.1. The van der Waals surface area contributed by atoms with Gasteiger partial charge in [0.25, 0.3) is 0 Å². The third kappa shape index (κ3) is 16.5. The van der Waals surface area contributed by atoms with Crippen LogP contribution in [-0.4, -0.2) is 85.6 Å². The van der Waals surface area contributed by atoms with Crippen LogP contribution >= 0.6 is 0 Å². The molecule has 0 radical (unpaired) electrons. The van der Waals surface area contributed by atoms with E-state index in [-0.39, 0.29) is 17.7 Å². The Morgan fingerprint density at radius 2 is 1.31 bits per heavy atom. The number of nitrogens with two attached hydrogens (primary N) is 3. The van der Waals surface area contributed by atoms with Crippen molar-refractivity contribution in [1.82, 2.24) is 15.1 Å². The molecule has 0 aromatic rings. The van der Waals surface area contributed by atoms with Crippen LogP contribution in [0.3, 0.4) is 0 Å². The maximum atomic E-state index is 12.2. The molecule has 10 heteroatoms. The highest BCUT2D eigenvalue weighted by Crippen LogP contribution is 2.27. The number of rotatable bonds is 20. The number of aliphatic imine (C=N–C) groups is 1. The van der Waals surface area contributed by atoms with Gasteiger partial charge >= 0.3 is 0 Å². The van der Waals surface area contributed by atoms with Crippen molar-refractivity contribution < 1.29 is 9.59 Å². The molecule has 2 rings (SSSR count). The van der Waals surface area contributed by atoms with Gasteiger partial charge in [0.15, 0.2) is 5.96 Å². The summed E-state index contributed by atoms with van der Waals surface area (Å²) in [7, 11) is 0. The Morgan fingerprint density at radius 3 is 1.87 bits per heavy atom. The Morgan fingerprint density at radius 1 is 0.744 bits per heavy atom. The monoisotopic (exact) mass is 548 g/mol. The first-order valence-electron chi connectivity index (χ1n) is 15.4. The Labute approximate surface area is 236 Å². The van der Waals surface area contributed by atoms with E-state index in [1.807, 2.05) is 0 Å². The Bertz CT molecular complexity index is 740. The fourth-order valence-electron chi connectivity index (χ4n) is 5.78. The maximum Gasteiger partial charge on any atom is 0.221 e. The predicted octanol–water partition coefficient (Wildman–Crippen LogP) is 2.60. The number of hydrogen-bond acceptors (Lipinski definition) is 6. The lowest BCUT2D eigenvalue weighted by atomic mass is 9.87. The highest BCUT2D eigenvalue weighted by molar-refractivity contribution is 5.78. The lowest BCUT2D eigenvalue weighted by molar-refractivity contribution is -0.121. The van der Waals surface area contributed by atoms with Gasteiger partial charge < -0.3 is 32.3 Å². The molecule has 2 aliphatic rings. The smallest absolute Gasteiger partial charge is 0.221 e. The van der Waals surface area contributed by atoms with E-state index in [2.05, 4.69) is 20.1 Å². The number of carbonyl (C=O) groups is 2. The summed E-state index contributed by atoms with van der Waals surface area (Å²) in [5.41, 5.74) is 16.0. The number of amidine groups is 1.